The van der Waals surface area contributed by atoms with Gasteiger partial charge in [-0.3, -0.25) is 0 Å². The second kappa shape index (κ2) is 4.62. The Morgan fingerprint density at radius 2 is 2.33 bits per heavy atom. The summed E-state index contributed by atoms with van der Waals surface area (Å²) < 4.78 is 0. The predicted molar refractivity (Wildman–Crippen MR) is 72.4 cm³/mol. The van der Waals surface area contributed by atoms with Gasteiger partial charge in [0.1, 0.15) is 0 Å². The molecule has 0 amide bonds. The van der Waals surface area contributed by atoms with Crippen LogP contribution in [0.15, 0.2) is 24.3 Å². The second-order valence-corrected chi connectivity index (χ2v) is 5.37. The first kappa shape index (κ1) is 11.6. The number of nitrogens with zero attached hydrogens (tertiary/aromatic N) is 2. The third kappa shape index (κ3) is 1.77. The lowest BCUT2D eigenvalue weighted by atomic mass is 9.93. The number of nitrogens with one attached hydrogen (secondary N) is 1. The van der Waals surface area contributed by atoms with E-state index in [1.807, 2.05) is 18.2 Å². The van der Waals surface area contributed by atoms with Gasteiger partial charge in [-0.1, -0.05) is 13.0 Å². The molecule has 3 rings (SSSR count). The van der Waals surface area contributed by atoms with Crippen molar-refractivity contribution in [2.45, 2.75) is 19.4 Å². The smallest absolute Gasteiger partial charge is 0.0992 e. The van der Waals surface area contributed by atoms with Crippen LogP contribution in [0.1, 0.15) is 18.9 Å². The summed E-state index contributed by atoms with van der Waals surface area (Å²) in [7, 11) is 0. The average molecular weight is 241 g/mol. The molecule has 2 saturated heterocycles. The van der Waals surface area contributed by atoms with Crippen LogP contribution in [-0.2, 0) is 0 Å². The lowest BCUT2D eigenvalue weighted by Crippen LogP contribution is -2.35. The molecular weight excluding hydrogens is 222 g/mol. The standard InChI is InChI=1S/C15H19N3/c1-2-15-14-9-17-8-12(14)10-18(15)13-5-3-4-11(6-13)7-16/h3-6,12,14-15,17H,2,8-10H2,1H3. The first-order chi connectivity index (χ1) is 8.83. The van der Waals surface area contributed by atoms with Gasteiger partial charge in [-0.15, -0.1) is 0 Å². The Kier molecular flexibility index (Phi) is 2.97. The van der Waals surface area contributed by atoms with E-state index in [0.29, 0.717) is 6.04 Å². The van der Waals surface area contributed by atoms with Crippen LogP contribution >= 0.6 is 0 Å². The molecule has 0 bridgehead atoms. The summed E-state index contributed by atoms with van der Waals surface area (Å²) >= 11 is 0. The molecule has 1 N–H and O–H groups in total. The van der Waals surface area contributed by atoms with Crippen LogP contribution in [0, 0.1) is 23.2 Å². The highest BCUT2D eigenvalue weighted by Crippen LogP contribution is 2.37. The molecule has 0 spiro atoms. The van der Waals surface area contributed by atoms with E-state index in [1.165, 1.54) is 12.1 Å². The Morgan fingerprint density at radius 1 is 1.44 bits per heavy atom. The minimum Gasteiger partial charge on any atom is -0.368 e. The maximum atomic E-state index is 9.01. The molecule has 2 heterocycles. The Hall–Kier alpha value is -1.53. The van der Waals surface area contributed by atoms with Crippen LogP contribution in [0.3, 0.4) is 0 Å². The SMILES string of the molecule is CCC1C2CNCC2CN1c1cccc(C#N)c1. The van der Waals surface area contributed by atoms with Gasteiger partial charge in [0.2, 0.25) is 0 Å². The predicted octanol–water partition coefficient (Wildman–Crippen LogP) is 1.99. The number of benzene rings is 1. The highest BCUT2D eigenvalue weighted by atomic mass is 15.2. The van der Waals surface area contributed by atoms with Gasteiger partial charge in [0, 0.05) is 31.4 Å². The highest BCUT2D eigenvalue weighted by molar-refractivity contribution is 5.53. The number of hydrogen-bond acceptors (Lipinski definition) is 3. The maximum Gasteiger partial charge on any atom is 0.0992 e. The molecule has 0 aromatic heterocycles. The third-order valence-electron chi connectivity index (χ3n) is 4.44. The van der Waals surface area contributed by atoms with E-state index in [9.17, 15) is 0 Å². The van der Waals surface area contributed by atoms with Crippen LogP contribution in [0.5, 0.6) is 0 Å². The van der Waals surface area contributed by atoms with E-state index in [1.54, 1.807) is 0 Å². The molecule has 3 unspecified atom stereocenters. The number of anilines is 1. The zero-order valence-electron chi connectivity index (χ0n) is 10.8. The van der Waals surface area contributed by atoms with Crippen molar-refractivity contribution in [1.82, 2.24) is 5.32 Å². The quantitative estimate of drug-likeness (QED) is 0.860. The lowest BCUT2D eigenvalue weighted by molar-refractivity contribution is 0.442. The highest BCUT2D eigenvalue weighted by Gasteiger charge is 2.43. The molecule has 2 aliphatic heterocycles. The number of hydrogen-bond donors (Lipinski definition) is 1. The van der Waals surface area contributed by atoms with E-state index in [-0.39, 0.29) is 0 Å². The number of fused-ring (bicyclic) bond motifs is 1. The first-order valence-electron chi connectivity index (χ1n) is 6.81. The molecule has 3 heteroatoms. The van der Waals surface area contributed by atoms with Crippen molar-refractivity contribution >= 4 is 5.69 Å². The summed E-state index contributed by atoms with van der Waals surface area (Å²) in [4.78, 5) is 2.51. The molecular formula is C15H19N3. The zero-order valence-corrected chi connectivity index (χ0v) is 10.8. The minimum absolute atomic E-state index is 0.624. The van der Waals surface area contributed by atoms with Gasteiger partial charge in [-0.25, -0.2) is 0 Å². The molecule has 1 aromatic rings. The van der Waals surface area contributed by atoms with E-state index in [4.69, 9.17) is 5.26 Å². The molecule has 2 fully saturated rings. The summed E-state index contributed by atoms with van der Waals surface area (Å²) in [5, 5.41) is 12.5. The number of nitriles is 1. The van der Waals surface area contributed by atoms with E-state index >= 15 is 0 Å². The number of rotatable bonds is 2. The van der Waals surface area contributed by atoms with Crippen molar-refractivity contribution in [2.24, 2.45) is 11.8 Å². The topological polar surface area (TPSA) is 39.1 Å². The molecule has 94 valence electrons. The molecule has 18 heavy (non-hydrogen) atoms. The van der Waals surface area contributed by atoms with Gasteiger partial charge >= 0.3 is 0 Å². The minimum atomic E-state index is 0.624. The Bertz CT molecular complexity index is 477. The van der Waals surface area contributed by atoms with Gasteiger partial charge in [0.15, 0.2) is 0 Å². The van der Waals surface area contributed by atoms with E-state index in [2.05, 4.69) is 29.3 Å². The lowest BCUT2D eigenvalue weighted by Gasteiger charge is -2.29. The Balaban J connectivity index is 1.89. The van der Waals surface area contributed by atoms with E-state index < -0.39 is 0 Å². The van der Waals surface area contributed by atoms with Gasteiger partial charge in [0.05, 0.1) is 11.6 Å². The van der Waals surface area contributed by atoms with Gasteiger partial charge in [-0.05, 0) is 36.5 Å². The fraction of sp³-hybridized carbons (Fsp3) is 0.533. The molecule has 0 saturated carbocycles. The van der Waals surface area contributed by atoms with Crippen LogP contribution in [0.2, 0.25) is 0 Å². The van der Waals surface area contributed by atoms with Crippen molar-refractivity contribution in [1.29, 1.82) is 5.26 Å². The van der Waals surface area contributed by atoms with Gasteiger partial charge in [0.25, 0.3) is 0 Å². The Morgan fingerprint density at radius 3 is 3.11 bits per heavy atom. The molecule has 1 aromatic carbocycles. The van der Waals surface area contributed by atoms with Crippen molar-refractivity contribution in [3.63, 3.8) is 0 Å². The van der Waals surface area contributed by atoms with E-state index in [0.717, 1.165) is 37.0 Å². The van der Waals surface area contributed by atoms with Crippen LogP contribution in [0.4, 0.5) is 5.69 Å². The van der Waals surface area contributed by atoms with Crippen LogP contribution in [-0.4, -0.2) is 25.7 Å². The second-order valence-electron chi connectivity index (χ2n) is 5.37. The van der Waals surface area contributed by atoms with Crippen molar-refractivity contribution in [3.05, 3.63) is 29.8 Å². The normalized spacial score (nSPS) is 30.2. The van der Waals surface area contributed by atoms with Crippen molar-refractivity contribution < 1.29 is 0 Å². The summed E-state index contributed by atoms with van der Waals surface area (Å²) in [5.41, 5.74) is 1.98. The monoisotopic (exact) mass is 241 g/mol. The summed E-state index contributed by atoms with van der Waals surface area (Å²) in [5.74, 6) is 1.56. The Labute approximate surface area is 108 Å². The van der Waals surface area contributed by atoms with Crippen molar-refractivity contribution in [3.8, 4) is 6.07 Å². The molecule has 3 nitrogen and oxygen atoms in total. The largest absolute Gasteiger partial charge is 0.368 e. The summed E-state index contributed by atoms with van der Waals surface area (Å²) in [6.45, 7) is 5.70. The molecule has 0 aliphatic carbocycles. The van der Waals surface area contributed by atoms with Crippen LogP contribution < -0.4 is 10.2 Å². The molecule has 0 radical (unpaired) electrons. The van der Waals surface area contributed by atoms with Crippen molar-refractivity contribution in [2.75, 3.05) is 24.5 Å². The fourth-order valence-electron chi connectivity index (χ4n) is 3.60. The summed E-state index contributed by atoms with van der Waals surface area (Å²) in [6.07, 6.45) is 1.18. The van der Waals surface area contributed by atoms with Crippen LogP contribution in [0.25, 0.3) is 0 Å². The molecule has 2 aliphatic rings. The molecule has 3 atom stereocenters. The average Bonchev–Trinajstić information content (AvgIpc) is 2.98. The zero-order chi connectivity index (χ0) is 12.5. The fourth-order valence-corrected chi connectivity index (χ4v) is 3.60. The third-order valence-corrected chi connectivity index (χ3v) is 4.44. The van der Waals surface area contributed by atoms with Gasteiger partial charge < -0.3 is 10.2 Å². The van der Waals surface area contributed by atoms with Gasteiger partial charge in [-0.2, -0.15) is 5.26 Å². The maximum absolute atomic E-state index is 9.01. The first-order valence-corrected chi connectivity index (χ1v) is 6.81. The summed E-state index contributed by atoms with van der Waals surface area (Å²) in [6, 6.07) is 10.9.